The van der Waals surface area contributed by atoms with Crippen LogP contribution in [0.1, 0.15) is 13.3 Å². The summed E-state index contributed by atoms with van der Waals surface area (Å²) < 4.78 is 22.0. The number of benzene rings is 1. The average molecular weight is 257 g/mol. The van der Waals surface area contributed by atoms with Crippen LogP contribution in [0.25, 0.3) is 0 Å². The van der Waals surface area contributed by atoms with Crippen molar-refractivity contribution in [3.05, 3.63) is 24.3 Å². The second-order valence-corrected chi connectivity index (χ2v) is 5.36. The summed E-state index contributed by atoms with van der Waals surface area (Å²) in [5.41, 5.74) is 5.97. The average Bonchev–Trinajstić information content (AvgIpc) is 2.15. The van der Waals surface area contributed by atoms with E-state index in [-0.39, 0.29) is 23.3 Å². The topological polar surface area (TPSA) is 115 Å². The maximum absolute atomic E-state index is 11.4. The fourth-order valence-corrected chi connectivity index (χ4v) is 1.75. The number of hydrogen-bond donors (Lipinski definition) is 3. The molecule has 1 atom stereocenters. The maximum atomic E-state index is 11.4. The van der Waals surface area contributed by atoms with E-state index in [1.807, 2.05) is 0 Å². The molecule has 1 rings (SSSR count). The summed E-state index contributed by atoms with van der Waals surface area (Å²) in [6, 6.07) is 5.38. The number of nitrogens with two attached hydrogens (primary N) is 2. The standard InChI is InChI=1S/C10H15N3O3S/c1-7(11)6-10(14)13-8-2-4-9(5-3-8)17(12,15)16/h2-5,7H,6,11H2,1H3,(H,13,14)(H2,12,15,16). The molecule has 94 valence electrons. The van der Waals surface area contributed by atoms with E-state index in [0.29, 0.717) is 5.69 Å². The first kappa shape index (κ1) is 13.6. The third-order valence-corrected chi connectivity index (χ3v) is 2.90. The predicted molar refractivity (Wildman–Crippen MR) is 64.7 cm³/mol. The van der Waals surface area contributed by atoms with Crippen LogP contribution in [0, 0.1) is 0 Å². The summed E-state index contributed by atoms with van der Waals surface area (Å²) in [6.45, 7) is 1.73. The van der Waals surface area contributed by atoms with Gasteiger partial charge in [0.15, 0.2) is 0 Å². The van der Waals surface area contributed by atoms with Crippen molar-refractivity contribution in [2.75, 3.05) is 5.32 Å². The Bertz CT molecular complexity index is 494. The molecule has 6 nitrogen and oxygen atoms in total. The zero-order valence-corrected chi connectivity index (χ0v) is 10.2. The molecule has 0 fully saturated rings. The normalized spacial score (nSPS) is 13.1. The van der Waals surface area contributed by atoms with Gasteiger partial charge in [-0.2, -0.15) is 0 Å². The Morgan fingerprint density at radius 1 is 1.35 bits per heavy atom. The lowest BCUT2D eigenvalue weighted by molar-refractivity contribution is -0.116. The van der Waals surface area contributed by atoms with Gasteiger partial charge in [0.05, 0.1) is 4.90 Å². The molecule has 1 unspecified atom stereocenters. The monoisotopic (exact) mass is 257 g/mol. The minimum absolute atomic E-state index is 0.00249. The first-order valence-electron chi connectivity index (χ1n) is 4.97. The van der Waals surface area contributed by atoms with E-state index in [0.717, 1.165) is 0 Å². The van der Waals surface area contributed by atoms with Gasteiger partial charge in [-0.05, 0) is 31.2 Å². The Labute approximate surface area is 100 Å². The van der Waals surface area contributed by atoms with Crippen molar-refractivity contribution in [3.63, 3.8) is 0 Å². The Balaban J connectivity index is 2.73. The molecule has 5 N–H and O–H groups in total. The molecule has 1 amide bonds. The molecule has 0 bridgehead atoms. The zero-order valence-electron chi connectivity index (χ0n) is 9.38. The van der Waals surface area contributed by atoms with Gasteiger partial charge < -0.3 is 11.1 Å². The van der Waals surface area contributed by atoms with Crippen LogP contribution < -0.4 is 16.2 Å². The van der Waals surface area contributed by atoms with Crippen molar-refractivity contribution < 1.29 is 13.2 Å². The SMILES string of the molecule is CC(N)CC(=O)Nc1ccc(S(N)(=O)=O)cc1. The molecule has 1 aromatic rings. The summed E-state index contributed by atoms with van der Waals surface area (Å²) >= 11 is 0. The van der Waals surface area contributed by atoms with E-state index >= 15 is 0 Å². The van der Waals surface area contributed by atoms with Crippen molar-refractivity contribution in [2.45, 2.75) is 24.3 Å². The van der Waals surface area contributed by atoms with E-state index in [9.17, 15) is 13.2 Å². The molecule has 0 aliphatic rings. The van der Waals surface area contributed by atoms with Gasteiger partial charge in [0.25, 0.3) is 0 Å². The van der Waals surface area contributed by atoms with Crippen LogP contribution in [0.3, 0.4) is 0 Å². The molecular formula is C10H15N3O3S. The Kier molecular flexibility index (Phi) is 4.22. The van der Waals surface area contributed by atoms with Gasteiger partial charge in [0.2, 0.25) is 15.9 Å². The number of carbonyl (C=O) groups is 1. The Hall–Kier alpha value is -1.44. The molecule has 0 saturated carbocycles. The summed E-state index contributed by atoms with van der Waals surface area (Å²) in [6.07, 6.45) is 0.205. The number of primary sulfonamides is 1. The van der Waals surface area contributed by atoms with Crippen molar-refractivity contribution in [3.8, 4) is 0 Å². The van der Waals surface area contributed by atoms with Crippen LogP contribution in [0.5, 0.6) is 0 Å². The zero-order chi connectivity index (χ0) is 13.1. The molecule has 0 aliphatic heterocycles. The number of anilines is 1. The summed E-state index contributed by atoms with van der Waals surface area (Å²) in [5, 5.41) is 7.54. The van der Waals surface area contributed by atoms with Gasteiger partial charge in [0.1, 0.15) is 0 Å². The third kappa shape index (κ3) is 4.51. The highest BCUT2D eigenvalue weighted by Gasteiger charge is 2.08. The van der Waals surface area contributed by atoms with Gasteiger partial charge in [-0.1, -0.05) is 0 Å². The molecule has 0 spiro atoms. The summed E-state index contributed by atoms with van der Waals surface area (Å²) in [4.78, 5) is 11.4. The lowest BCUT2D eigenvalue weighted by Gasteiger charge is -2.07. The summed E-state index contributed by atoms with van der Waals surface area (Å²) in [7, 11) is -3.70. The van der Waals surface area contributed by atoms with Crippen LogP contribution in [0.4, 0.5) is 5.69 Å². The van der Waals surface area contributed by atoms with Crippen LogP contribution in [0.15, 0.2) is 29.2 Å². The number of rotatable bonds is 4. The molecule has 7 heteroatoms. The highest BCUT2D eigenvalue weighted by molar-refractivity contribution is 7.89. The van der Waals surface area contributed by atoms with E-state index in [4.69, 9.17) is 10.9 Å². The lowest BCUT2D eigenvalue weighted by Crippen LogP contribution is -2.24. The quantitative estimate of drug-likeness (QED) is 0.704. The number of sulfonamides is 1. The Morgan fingerprint density at radius 3 is 2.29 bits per heavy atom. The molecule has 0 aromatic heterocycles. The van der Waals surface area contributed by atoms with Crippen molar-refractivity contribution in [1.29, 1.82) is 0 Å². The largest absolute Gasteiger partial charge is 0.327 e. The third-order valence-electron chi connectivity index (χ3n) is 1.97. The van der Waals surface area contributed by atoms with Gasteiger partial charge in [0, 0.05) is 18.2 Å². The van der Waals surface area contributed by atoms with Crippen LogP contribution in [0.2, 0.25) is 0 Å². The molecular weight excluding hydrogens is 242 g/mol. The van der Waals surface area contributed by atoms with Crippen LogP contribution in [-0.4, -0.2) is 20.4 Å². The van der Waals surface area contributed by atoms with Gasteiger partial charge in [-0.3, -0.25) is 4.79 Å². The van der Waals surface area contributed by atoms with E-state index in [2.05, 4.69) is 5.32 Å². The molecule has 0 radical (unpaired) electrons. The number of nitrogens with one attached hydrogen (secondary N) is 1. The fourth-order valence-electron chi connectivity index (χ4n) is 1.23. The van der Waals surface area contributed by atoms with Crippen molar-refractivity contribution in [2.24, 2.45) is 10.9 Å². The van der Waals surface area contributed by atoms with Gasteiger partial charge in [-0.15, -0.1) is 0 Å². The lowest BCUT2D eigenvalue weighted by atomic mass is 10.2. The van der Waals surface area contributed by atoms with Crippen molar-refractivity contribution >= 4 is 21.6 Å². The number of amides is 1. The number of hydrogen-bond acceptors (Lipinski definition) is 4. The summed E-state index contributed by atoms with van der Waals surface area (Å²) in [5.74, 6) is -0.219. The maximum Gasteiger partial charge on any atom is 0.238 e. The van der Waals surface area contributed by atoms with Crippen molar-refractivity contribution in [1.82, 2.24) is 0 Å². The van der Waals surface area contributed by atoms with E-state index < -0.39 is 10.0 Å². The Morgan fingerprint density at radius 2 is 1.88 bits per heavy atom. The fraction of sp³-hybridized carbons (Fsp3) is 0.300. The van der Waals surface area contributed by atoms with Gasteiger partial charge >= 0.3 is 0 Å². The minimum Gasteiger partial charge on any atom is -0.327 e. The number of carbonyl (C=O) groups excluding carboxylic acids is 1. The molecule has 17 heavy (non-hydrogen) atoms. The second-order valence-electron chi connectivity index (χ2n) is 3.80. The van der Waals surface area contributed by atoms with E-state index in [1.54, 1.807) is 6.92 Å². The molecule has 0 aliphatic carbocycles. The van der Waals surface area contributed by atoms with E-state index in [1.165, 1.54) is 24.3 Å². The minimum atomic E-state index is -3.70. The molecule has 0 heterocycles. The van der Waals surface area contributed by atoms with Crippen LogP contribution in [-0.2, 0) is 14.8 Å². The highest BCUT2D eigenvalue weighted by atomic mass is 32.2. The second kappa shape index (κ2) is 5.26. The predicted octanol–water partition coefficient (Wildman–Crippen LogP) is 0.00980. The van der Waals surface area contributed by atoms with Crippen LogP contribution >= 0.6 is 0 Å². The highest BCUT2D eigenvalue weighted by Crippen LogP contribution is 2.12. The molecule has 0 saturated heterocycles. The van der Waals surface area contributed by atoms with Gasteiger partial charge in [-0.25, -0.2) is 13.6 Å². The molecule has 1 aromatic carbocycles. The first-order valence-corrected chi connectivity index (χ1v) is 6.52. The smallest absolute Gasteiger partial charge is 0.238 e. The first-order chi connectivity index (χ1) is 7.79.